The Morgan fingerprint density at radius 3 is 2.70 bits per heavy atom. The zero-order valence-electron chi connectivity index (χ0n) is 26.6. The van der Waals surface area contributed by atoms with Gasteiger partial charge in [0.15, 0.2) is 5.65 Å². The van der Waals surface area contributed by atoms with Crippen molar-refractivity contribution in [2.45, 2.75) is 77.7 Å². The highest BCUT2D eigenvalue weighted by Crippen LogP contribution is 2.30. The van der Waals surface area contributed by atoms with E-state index in [1.54, 1.807) is 22.0 Å². The first kappa shape index (κ1) is 31.9. The van der Waals surface area contributed by atoms with Crippen LogP contribution < -0.4 is 5.32 Å². The maximum atomic E-state index is 13.8. The molecule has 1 aliphatic heterocycles. The van der Waals surface area contributed by atoms with Crippen LogP contribution in [-0.2, 0) is 23.3 Å². The van der Waals surface area contributed by atoms with E-state index in [9.17, 15) is 9.59 Å². The van der Waals surface area contributed by atoms with Gasteiger partial charge in [-0.25, -0.2) is 14.8 Å². The Morgan fingerprint density at radius 2 is 1.98 bits per heavy atom. The van der Waals surface area contributed by atoms with E-state index in [-0.39, 0.29) is 24.8 Å². The zero-order chi connectivity index (χ0) is 31.8. The fraction of sp³-hybridized carbons (Fsp3) is 0.516. The smallest absolute Gasteiger partial charge is 0.410 e. The molecular weight excluding hydrogens is 598 g/mol. The van der Waals surface area contributed by atoms with Gasteiger partial charge in [0.2, 0.25) is 0 Å². The molecule has 5 rings (SSSR count). The molecule has 1 aromatic carbocycles. The minimum absolute atomic E-state index is 0.226. The van der Waals surface area contributed by atoms with Crippen LogP contribution in [0, 0.1) is 0 Å². The lowest BCUT2D eigenvalue weighted by Gasteiger charge is -2.34. The third-order valence-electron chi connectivity index (χ3n) is 7.50. The number of nitrogens with zero attached hydrogens (tertiary/aromatic N) is 6. The molecule has 1 atom stereocenters. The summed E-state index contributed by atoms with van der Waals surface area (Å²) in [7, 11) is 0.590. The topological polar surface area (TPSA) is 116 Å². The number of likely N-dealkylation sites (tertiary alicyclic amines) is 1. The van der Waals surface area contributed by atoms with Crippen molar-refractivity contribution in [1.82, 2.24) is 34.5 Å². The Morgan fingerprint density at radius 1 is 1.20 bits per heavy atom. The van der Waals surface area contributed by atoms with Gasteiger partial charge < -0.3 is 24.3 Å². The van der Waals surface area contributed by atoms with Crippen molar-refractivity contribution in [1.29, 1.82) is 0 Å². The van der Waals surface area contributed by atoms with Crippen LogP contribution in [-0.4, -0.2) is 80.6 Å². The van der Waals surface area contributed by atoms with E-state index in [4.69, 9.17) is 36.1 Å². The summed E-state index contributed by atoms with van der Waals surface area (Å²) in [4.78, 5) is 37.9. The molecule has 44 heavy (non-hydrogen) atoms. The lowest BCUT2D eigenvalue weighted by atomic mass is 10.1. The van der Waals surface area contributed by atoms with Gasteiger partial charge in [0.1, 0.15) is 29.2 Å². The molecule has 1 saturated heterocycles. The summed E-state index contributed by atoms with van der Waals surface area (Å²) < 4.78 is 15.2. The third kappa shape index (κ3) is 7.41. The van der Waals surface area contributed by atoms with Gasteiger partial charge in [-0.3, -0.25) is 9.48 Å². The van der Waals surface area contributed by atoms with E-state index in [0.717, 1.165) is 29.8 Å². The summed E-state index contributed by atoms with van der Waals surface area (Å²) in [5.41, 5.74) is 2.88. The molecule has 0 aliphatic carbocycles. The second kappa shape index (κ2) is 12.5. The van der Waals surface area contributed by atoms with E-state index < -0.39 is 13.7 Å². The first-order chi connectivity index (χ1) is 20.7. The number of aryl methyl sites for hydroxylation is 1. The van der Waals surface area contributed by atoms with Crippen molar-refractivity contribution in [3.63, 3.8) is 0 Å². The van der Waals surface area contributed by atoms with Crippen LogP contribution in [0.2, 0.25) is 30.7 Å². The zero-order valence-corrected chi connectivity index (χ0v) is 28.4. The molecule has 0 radical (unpaired) electrons. The molecule has 2 amide bonds. The Hall–Kier alpha value is -3.48. The van der Waals surface area contributed by atoms with Gasteiger partial charge in [0.25, 0.3) is 5.91 Å². The monoisotopic (exact) mass is 639 g/mol. The molecule has 3 aromatic heterocycles. The van der Waals surface area contributed by atoms with Crippen LogP contribution in [0.25, 0.3) is 33.5 Å². The SMILES string of the molecule is Cn1nc(-c2cnc3c(n2)c(C(=O)N[C@@H]2CCCN(C(=O)OC(C)(C)C)C2)cn3COCC[Si](C)(C)C)c2ccc(Cl)cc21. The van der Waals surface area contributed by atoms with E-state index in [1.807, 2.05) is 50.6 Å². The number of ether oxygens (including phenoxy) is 2. The van der Waals surface area contributed by atoms with Gasteiger partial charge >= 0.3 is 6.09 Å². The highest BCUT2D eigenvalue weighted by molar-refractivity contribution is 6.76. The van der Waals surface area contributed by atoms with Crippen molar-refractivity contribution in [3.05, 3.63) is 41.2 Å². The summed E-state index contributed by atoms with van der Waals surface area (Å²) in [6, 6.07) is 6.39. The van der Waals surface area contributed by atoms with Crippen molar-refractivity contribution in [2.75, 3.05) is 19.7 Å². The number of fused-ring (bicyclic) bond motifs is 2. The molecule has 1 N–H and O–H groups in total. The summed E-state index contributed by atoms with van der Waals surface area (Å²) in [5, 5.41) is 9.33. The fourth-order valence-electron chi connectivity index (χ4n) is 5.24. The maximum absolute atomic E-state index is 13.8. The number of hydrogen-bond acceptors (Lipinski definition) is 7. The van der Waals surface area contributed by atoms with Crippen LogP contribution in [0.15, 0.2) is 30.6 Å². The highest BCUT2D eigenvalue weighted by Gasteiger charge is 2.30. The lowest BCUT2D eigenvalue weighted by molar-refractivity contribution is 0.0185. The van der Waals surface area contributed by atoms with Gasteiger partial charge in [0, 0.05) is 57.5 Å². The van der Waals surface area contributed by atoms with E-state index in [0.29, 0.717) is 52.8 Å². The number of carbonyl (C=O) groups excluding carboxylic acids is 2. The number of hydrogen-bond donors (Lipinski definition) is 1. The summed E-state index contributed by atoms with van der Waals surface area (Å²) in [6.07, 6.45) is 4.57. The molecule has 4 aromatic rings. The first-order valence-electron chi connectivity index (χ1n) is 15.0. The highest BCUT2D eigenvalue weighted by atomic mass is 35.5. The van der Waals surface area contributed by atoms with Crippen LogP contribution in [0.3, 0.4) is 0 Å². The molecule has 0 bridgehead atoms. The molecule has 236 valence electrons. The van der Waals surface area contributed by atoms with Crippen LogP contribution in [0.4, 0.5) is 4.79 Å². The Labute approximate surface area is 263 Å². The molecule has 0 unspecified atom stereocenters. The van der Waals surface area contributed by atoms with Crippen molar-refractivity contribution in [3.8, 4) is 11.4 Å². The van der Waals surface area contributed by atoms with Gasteiger partial charge in [-0.2, -0.15) is 5.10 Å². The van der Waals surface area contributed by atoms with E-state index in [2.05, 4.69) is 25.0 Å². The molecule has 1 aliphatic rings. The van der Waals surface area contributed by atoms with E-state index >= 15 is 0 Å². The maximum Gasteiger partial charge on any atom is 0.410 e. The largest absolute Gasteiger partial charge is 0.444 e. The Bertz CT molecular complexity index is 1690. The molecule has 0 spiro atoms. The minimum atomic E-state index is -1.26. The van der Waals surface area contributed by atoms with Crippen molar-refractivity contribution in [2.24, 2.45) is 7.05 Å². The number of rotatable bonds is 8. The fourth-order valence-corrected chi connectivity index (χ4v) is 6.16. The average molecular weight is 640 g/mol. The number of carbonyl (C=O) groups is 2. The van der Waals surface area contributed by atoms with Gasteiger partial charge in [-0.05, 0) is 57.9 Å². The first-order valence-corrected chi connectivity index (χ1v) is 19.1. The van der Waals surface area contributed by atoms with Gasteiger partial charge in [0.05, 0.1) is 17.3 Å². The molecular formula is C31H42ClN7O4Si. The van der Waals surface area contributed by atoms with Gasteiger partial charge in [-0.15, -0.1) is 0 Å². The van der Waals surface area contributed by atoms with Gasteiger partial charge in [-0.1, -0.05) is 31.2 Å². The minimum Gasteiger partial charge on any atom is -0.444 e. The quantitative estimate of drug-likeness (QED) is 0.183. The summed E-state index contributed by atoms with van der Waals surface area (Å²) in [5.74, 6) is -0.281. The molecule has 0 saturated carbocycles. The van der Waals surface area contributed by atoms with Crippen molar-refractivity contribution < 1.29 is 19.1 Å². The Balaban J connectivity index is 1.44. The normalized spacial score (nSPS) is 16.1. The van der Waals surface area contributed by atoms with E-state index in [1.165, 1.54) is 0 Å². The average Bonchev–Trinajstić information content (AvgIpc) is 3.46. The molecule has 1 fully saturated rings. The van der Waals surface area contributed by atoms with Crippen molar-refractivity contribution >= 4 is 53.7 Å². The van der Waals surface area contributed by atoms with Crippen LogP contribution in [0.1, 0.15) is 44.0 Å². The molecule has 4 heterocycles. The predicted molar refractivity (Wildman–Crippen MR) is 175 cm³/mol. The second-order valence-electron chi connectivity index (χ2n) is 13.7. The number of amides is 2. The predicted octanol–water partition coefficient (Wildman–Crippen LogP) is 6.08. The standard InChI is InChI=1S/C31H42ClN7O4Si/c1-31(2,3)43-30(41)38-12-8-9-21(17-38)34-29(40)23-18-39(19-42-13-14-44(5,6)7)28-27(23)35-24(16-33-28)26-22-11-10-20(32)15-25(22)37(4)36-26/h10-11,15-16,18,21H,8-9,12-14,17,19H2,1-7H3,(H,34,40)/t21-/m1/s1. The number of benzene rings is 1. The third-order valence-corrected chi connectivity index (χ3v) is 9.44. The number of aromatic nitrogens is 5. The van der Waals surface area contributed by atoms with Crippen LogP contribution in [0.5, 0.6) is 0 Å². The summed E-state index contributed by atoms with van der Waals surface area (Å²) in [6.45, 7) is 14.3. The lowest BCUT2D eigenvalue weighted by Crippen LogP contribution is -2.50. The van der Waals surface area contributed by atoms with Crippen LogP contribution >= 0.6 is 11.6 Å². The number of nitrogens with one attached hydrogen (secondary N) is 1. The number of piperidine rings is 1. The molecule has 13 heteroatoms. The summed E-state index contributed by atoms with van der Waals surface area (Å²) >= 11 is 6.24. The Kier molecular flexibility index (Phi) is 9.06. The number of halogens is 1. The second-order valence-corrected chi connectivity index (χ2v) is 19.7. The molecule has 11 nitrogen and oxygen atoms in total.